The first kappa shape index (κ1) is 17.0. The molecule has 7 heteroatoms. The van der Waals surface area contributed by atoms with Gasteiger partial charge in [0.25, 0.3) is 11.8 Å². The smallest absolute Gasteiger partial charge is 0.276 e. The molecule has 2 aromatic rings. The van der Waals surface area contributed by atoms with Gasteiger partial charge in [0.05, 0.1) is 18.4 Å². The number of amides is 2. The Morgan fingerprint density at radius 3 is 2.60 bits per heavy atom. The van der Waals surface area contributed by atoms with E-state index in [4.69, 9.17) is 4.74 Å². The number of nitrogens with one attached hydrogen (secondary N) is 3. The average Bonchev–Trinajstić information content (AvgIpc) is 3.25. The van der Waals surface area contributed by atoms with Crippen molar-refractivity contribution < 1.29 is 14.3 Å². The number of nitrogens with zero attached hydrogens (tertiary/aromatic N) is 1. The molecule has 1 aromatic carbocycles. The molecular formula is C18H22N4O3. The van der Waals surface area contributed by atoms with E-state index < -0.39 is 0 Å². The Balaban J connectivity index is 1.82. The first-order chi connectivity index (χ1) is 12.0. The van der Waals surface area contributed by atoms with Crippen molar-refractivity contribution in [3.63, 3.8) is 0 Å². The highest BCUT2D eigenvalue weighted by Gasteiger charge is 2.25. The number of aromatic amines is 1. The second kappa shape index (κ2) is 6.96. The van der Waals surface area contributed by atoms with Crippen LogP contribution in [0.5, 0.6) is 5.75 Å². The minimum absolute atomic E-state index is 0.221. The van der Waals surface area contributed by atoms with Crippen LogP contribution in [0.1, 0.15) is 59.1 Å². The lowest BCUT2D eigenvalue weighted by Gasteiger charge is -2.12. The minimum Gasteiger partial charge on any atom is -0.497 e. The summed E-state index contributed by atoms with van der Waals surface area (Å²) in [6.45, 7) is 4.03. The zero-order chi connectivity index (χ0) is 18.0. The largest absolute Gasteiger partial charge is 0.497 e. The van der Waals surface area contributed by atoms with Crippen molar-refractivity contribution in [2.75, 3.05) is 12.4 Å². The number of anilines is 1. The van der Waals surface area contributed by atoms with Gasteiger partial charge >= 0.3 is 0 Å². The van der Waals surface area contributed by atoms with E-state index in [-0.39, 0.29) is 29.5 Å². The van der Waals surface area contributed by atoms with Crippen LogP contribution in [0.25, 0.3) is 0 Å². The van der Waals surface area contributed by atoms with Gasteiger partial charge in [-0.2, -0.15) is 5.10 Å². The molecule has 0 saturated heterocycles. The van der Waals surface area contributed by atoms with E-state index in [1.165, 1.54) is 7.11 Å². The first-order valence-corrected chi connectivity index (χ1v) is 8.33. The van der Waals surface area contributed by atoms with Crippen LogP contribution in [0.3, 0.4) is 0 Å². The SMILES string of the molecule is COc1ccc(NC(=O)c2cc(C(C)C)[nH]n2)c(C(=O)NC2CC2)c1. The average molecular weight is 342 g/mol. The maximum atomic E-state index is 12.5. The fourth-order valence-corrected chi connectivity index (χ4v) is 2.37. The molecule has 0 unspecified atom stereocenters. The monoisotopic (exact) mass is 342 g/mol. The van der Waals surface area contributed by atoms with Gasteiger partial charge in [0, 0.05) is 11.7 Å². The van der Waals surface area contributed by atoms with Gasteiger partial charge in [-0.25, -0.2) is 0 Å². The molecule has 1 aliphatic carbocycles. The third kappa shape index (κ3) is 3.99. The molecule has 0 bridgehead atoms. The number of H-pyrrole nitrogens is 1. The number of carbonyl (C=O) groups excluding carboxylic acids is 2. The Hall–Kier alpha value is -2.83. The molecule has 1 heterocycles. The molecule has 3 N–H and O–H groups in total. The van der Waals surface area contributed by atoms with Gasteiger partial charge in [0.15, 0.2) is 5.69 Å². The number of hydrogen-bond acceptors (Lipinski definition) is 4. The third-order valence-corrected chi connectivity index (χ3v) is 4.08. The fraction of sp³-hybridized carbons (Fsp3) is 0.389. The zero-order valence-electron chi connectivity index (χ0n) is 14.6. The lowest BCUT2D eigenvalue weighted by atomic mass is 10.1. The van der Waals surface area contributed by atoms with Gasteiger partial charge in [0.2, 0.25) is 0 Å². The minimum atomic E-state index is -0.367. The summed E-state index contributed by atoms with van der Waals surface area (Å²) in [6, 6.07) is 6.93. The van der Waals surface area contributed by atoms with Crippen LogP contribution in [0, 0.1) is 0 Å². The summed E-state index contributed by atoms with van der Waals surface area (Å²) in [6.07, 6.45) is 1.98. The molecule has 0 atom stereocenters. The number of carbonyl (C=O) groups is 2. The van der Waals surface area contributed by atoms with Crippen LogP contribution in [0.2, 0.25) is 0 Å². The number of hydrogen-bond donors (Lipinski definition) is 3. The van der Waals surface area contributed by atoms with E-state index in [9.17, 15) is 9.59 Å². The quantitative estimate of drug-likeness (QED) is 0.752. The molecular weight excluding hydrogens is 320 g/mol. The van der Waals surface area contributed by atoms with Crippen molar-refractivity contribution in [1.82, 2.24) is 15.5 Å². The van der Waals surface area contributed by atoms with Gasteiger partial charge in [-0.15, -0.1) is 0 Å². The molecule has 1 aromatic heterocycles. The second-order valence-corrected chi connectivity index (χ2v) is 6.48. The Morgan fingerprint density at radius 2 is 2.00 bits per heavy atom. The predicted molar refractivity (Wildman–Crippen MR) is 94.1 cm³/mol. The van der Waals surface area contributed by atoms with Gasteiger partial charge in [-0.05, 0) is 43.0 Å². The van der Waals surface area contributed by atoms with Gasteiger partial charge in [-0.3, -0.25) is 14.7 Å². The van der Waals surface area contributed by atoms with Crippen molar-refractivity contribution in [2.24, 2.45) is 0 Å². The van der Waals surface area contributed by atoms with Crippen LogP contribution in [-0.2, 0) is 0 Å². The van der Waals surface area contributed by atoms with Crippen molar-refractivity contribution in [2.45, 2.75) is 38.6 Å². The molecule has 7 nitrogen and oxygen atoms in total. The lowest BCUT2D eigenvalue weighted by Crippen LogP contribution is -2.27. The first-order valence-electron chi connectivity index (χ1n) is 8.33. The Labute approximate surface area is 146 Å². The molecule has 0 radical (unpaired) electrons. The van der Waals surface area contributed by atoms with E-state index in [1.54, 1.807) is 24.3 Å². The second-order valence-electron chi connectivity index (χ2n) is 6.48. The van der Waals surface area contributed by atoms with Crippen LogP contribution < -0.4 is 15.4 Å². The van der Waals surface area contributed by atoms with Gasteiger partial charge in [-0.1, -0.05) is 13.8 Å². The maximum Gasteiger partial charge on any atom is 0.276 e. The van der Waals surface area contributed by atoms with E-state index in [2.05, 4.69) is 20.8 Å². The van der Waals surface area contributed by atoms with E-state index >= 15 is 0 Å². The van der Waals surface area contributed by atoms with E-state index in [0.717, 1.165) is 18.5 Å². The Morgan fingerprint density at radius 1 is 1.24 bits per heavy atom. The van der Waals surface area contributed by atoms with Crippen LogP contribution in [-0.4, -0.2) is 35.2 Å². The Bertz CT molecular complexity index is 793. The van der Waals surface area contributed by atoms with Gasteiger partial charge in [0.1, 0.15) is 5.75 Å². The molecule has 1 fully saturated rings. The fourth-order valence-electron chi connectivity index (χ4n) is 2.37. The van der Waals surface area contributed by atoms with E-state index in [1.807, 2.05) is 13.8 Å². The molecule has 2 amide bonds. The predicted octanol–water partition coefficient (Wildman–Crippen LogP) is 2.69. The summed E-state index contributed by atoms with van der Waals surface area (Å²) in [5.74, 6) is 0.214. The molecule has 3 rings (SSSR count). The molecule has 25 heavy (non-hydrogen) atoms. The number of aromatic nitrogens is 2. The molecule has 0 aliphatic heterocycles. The van der Waals surface area contributed by atoms with Gasteiger partial charge < -0.3 is 15.4 Å². The highest BCUT2D eigenvalue weighted by atomic mass is 16.5. The van der Waals surface area contributed by atoms with Crippen molar-refractivity contribution in [1.29, 1.82) is 0 Å². The lowest BCUT2D eigenvalue weighted by molar-refractivity contribution is 0.0951. The summed E-state index contributed by atoms with van der Waals surface area (Å²) in [5, 5.41) is 12.6. The topological polar surface area (TPSA) is 96.1 Å². The zero-order valence-corrected chi connectivity index (χ0v) is 14.6. The number of ether oxygens (including phenoxy) is 1. The summed E-state index contributed by atoms with van der Waals surface area (Å²) < 4.78 is 5.19. The normalized spacial score (nSPS) is 13.6. The third-order valence-electron chi connectivity index (χ3n) is 4.08. The number of rotatable bonds is 6. The summed E-state index contributed by atoms with van der Waals surface area (Å²) in [5.41, 5.74) is 1.97. The highest BCUT2D eigenvalue weighted by molar-refractivity contribution is 6.08. The maximum absolute atomic E-state index is 12.5. The standard InChI is InChI=1S/C18H22N4O3/c1-10(2)15-9-16(22-21-15)18(24)20-14-7-6-12(25-3)8-13(14)17(23)19-11-4-5-11/h6-11H,4-5H2,1-3H3,(H,19,23)(H,20,24)(H,21,22). The summed E-state index contributed by atoms with van der Waals surface area (Å²) in [4.78, 5) is 24.9. The number of methoxy groups -OCH3 is 1. The van der Waals surface area contributed by atoms with Crippen molar-refractivity contribution in [3.05, 3.63) is 41.2 Å². The van der Waals surface area contributed by atoms with Crippen LogP contribution in [0.15, 0.2) is 24.3 Å². The molecule has 1 saturated carbocycles. The van der Waals surface area contributed by atoms with Crippen LogP contribution >= 0.6 is 0 Å². The summed E-state index contributed by atoms with van der Waals surface area (Å²) >= 11 is 0. The Kier molecular flexibility index (Phi) is 4.74. The van der Waals surface area contributed by atoms with E-state index in [0.29, 0.717) is 17.0 Å². The highest BCUT2D eigenvalue weighted by Crippen LogP contribution is 2.25. The van der Waals surface area contributed by atoms with Crippen LogP contribution in [0.4, 0.5) is 5.69 Å². The molecule has 0 spiro atoms. The van der Waals surface area contributed by atoms with Crippen molar-refractivity contribution in [3.8, 4) is 5.75 Å². The van der Waals surface area contributed by atoms with Crippen molar-refractivity contribution >= 4 is 17.5 Å². The molecule has 1 aliphatic rings. The molecule has 132 valence electrons. The summed E-state index contributed by atoms with van der Waals surface area (Å²) in [7, 11) is 1.54. The number of benzene rings is 1.